The van der Waals surface area contributed by atoms with Gasteiger partial charge in [-0.1, -0.05) is 0 Å². The van der Waals surface area contributed by atoms with Gasteiger partial charge in [-0.05, 0) is 12.1 Å². The SMILES string of the molecule is COCc1nc(CN2CCOC(CNc3cccnn3)C2)cs1. The van der Waals surface area contributed by atoms with E-state index in [4.69, 9.17) is 9.47 Å². The van der Waals surface area contributed by atoms with Gasteiger partial charge in [-0.3, -0.25) is 4.90 Å². The van der Waals surface area contributed by atoms with Gasteiger partial charge in [0.15, 0.2) is 0 Å². The normalized spacial score (nSPS) is 18.9. The molecule has 1 fully saturated rings. The molecule has 0 aliphatic carbocycles. The molecule has 0 amide bonds. The van der Waals surface area contributed by atoms with Gasteiger partial charge < -0.3 is 14.8 Å². The van der Waals surface area contributed by atoms with Crippen LogP contribution in [0.25, 0.3) is 0 Å². The molecule has 2 aromatic heterocycles. The highest BCUT2D eigenvalue weighted by Gasteiger charge is 2.21. The van der Waals surface area contributed by atoms with Crippen LogP contribution >= 0.6 is 11.3 Å². The van der Waals surface area contributed by atoms with E-state index in [1.165, 1.54) is 0 Å². The van der Waals surface area contributed by atoms with Crippen LogP contribution in [0.3, 0.4) is 0 Å². The van der Waals surface area contributed by atoms with Crippen molar-refractivity contribution < 1.29 is 9.47 Å². The molecule has 1 aliphatic heterocycles. The number of hydrogen-bond acceptors (Lipinski definition) is 8. The average Bonchev–Trinajstić information content (AvgIpc) is 3.02. The quantitative estimate of drug-likeness (QED) is 0.820. The zero-order valence-corrected chi connectivity index (χ0v) is 14.0. The molecule has 1 unspecified atom stereocenters. The Morgan fingerprint density at radius 1 is 1.52 bits per heavy atom. The summed E-state index contributed by atoms with van der Waals surface area (Å²) in [7, 11) is 1.69. The molecule has 7 nitrogen and oxygen atoms in total. The Balaban J connectivity index is 1.47. The zero-order chi connectivity index (χ0) is 15.9. The number of nitrogens with one attached hydrogen (secondary N) is 1. The molecule has 2 aromatic rings. The van der Waals surface area contributed by atoms with Gasteiger partial charge in [-0.2, -0.15) is 5.10 Å². The monoisotopic (exact) mass is 335 g/mol. The average molecular weight is 335 g/mol. The maximum Gasteiger partial charge on any atom is 0.148 e. The minimum absolute atomic E-state index is 0.142. The Morgan fingerprint density at radius 2 is 2.48 bits per heavy atom. The van der Waals surface area contributed by atoms with Gasteiger partial charge in [0.1, 0.15) is 10.8 Å². The maximum atomic E-state index is 5.82. The fraction of sp³-hybridized carbons (Fsp3) is 0.533. The number of hydrogen-bond donors (Lipinski definition) is 1. The molecule has 124 valence electrons. The van der Waals surface area contributed by atoms with E-state index in [2.05, 4.69) is 30.8 Å². The lowest BCUT2D eigenvalue weighted by molar-refractivity contribution is -0.0244. The molecule has 3 heterocycles. The lowest BCUT2D eigenvalue weighted by atomic mass is 10.2. The number of aromatic nitrogens is 3. The van der Waals surface area contributed by atoms with Gasteiger partial charge in [-0.25, -0.2) is 4.98 Å². The molecule has 0 radical (unpaired) electrons. The highest BCUT2D eigenvalue weighted by molar-refractivity contribution is 7.09. The molecule has 8 heteroatoms. The van der Waals surface area contributed by atoms with E-state index in [0.717, 1.165) is 49.3 Å². The summed E-state index contributed by atoms with van der Waals surface area (Å²) in [6.45, 7) is 4.70. The second-order valence-electron chi connectivity index (χ2n) is 5.38. The van der Waals surface area contributed by atoms with Crippen LogP contribution in [0.15, 0.2) is 23.7 Å². The lowest BCUT2D eigenvalue weighted by Gasteiger charge is -2.32. The summed E-state index contributed by atoms with van der Waals surface area (Å²) >= 11 is 1.65. The summed E-state index contributed by atoms with van der Waals surface area (Å²) in [4.78, 5) is 6.96. The second-order valence-corrected chi connectivity index (χ2v) is 6.33. The molecule has 0 spiro atoms. The smallest absolute Gasteiger partial charge is 0.148 e. The third-order valence-electron chi connectivity index (χ3n) is 3.56. The maximum absolute atomic E-state index is 5.82. The summed E-state index contributed by atoms with van der Waals surface area (Å²) in [6.07, 6.45) is 1.80. The summed E-state index contributed by atoms with van der Waals surface area (Å²) in [5.41, 5.74) is 1.10. The Kier molecular flexibility index (Phi) is 5.87. The van der Waals surface area contributed by atoms with E-state index < -0.39 is 0 Å². The van der Waals surface area contributed by atoms with Gasteiger partial charge in [-0.15, -0.1) is 16.4 Å². The number of nitrogens with zero attached hydrogens (tertiary/aromatic N) is 4. The zero-order valence-electron chi connectivity index (χ0n) is 13.1. The Bertz CT molecular complexity index is 595. The van der Waals surface area contributed by atoms with Crippen LogP contribution in [-0.4, -0.2) is 59.5 Å². The minimum atomic E-state index is 0.142. The van der Waals surface area contributed by atoms with E-state index in [1.54, 1.807) is 24.6 Å². The van der Waals surface area contributed by atoms with Crippen molar-refractivity contribution in [1.29, 1.82) is 0 Å². The van der Waals surface area contributed by atoms with Crippen molar-refractivity contribution >= 4 is 17.2 Å². The van der Waals surface area contributed by atoms with Gasteiger partial charge in [0.2, 0.25) is 0 Å². The molecule has 23 heavy (non-hydrogen) atoms. The van der Waals surface area contributed by atoms with Gasteiger partial charge >= 0.3 is 0 Å². The van der Waals surface area contributed by atoms with Crippen LogP contribution in [-0.2, 0) is 22.6 Å². The van der Waals surface area contributed by atoms with Gasteiger partial charge in [0, 0.05) is 44.9 Å². The minimum Gasteiger partial charge on any atom is -0.378 e. The number of thiazole rings is 1. The fourth-order valence-electron chi connectivity index (χ4n) is 2.50. The highest BCUT2D eigenvalue weighted by Crippen LogP contribution is 2.15. The largest absolute Gasteiger partial charge is 0.378 e. The first-order chi connectivity index (χ1) is 11.3. The highest BCUT2D eigenvalue weighted by atomic mass is 32.1. The van der Waals surface area contributed by atoms with Crippen molar-refractivity contribution in [1.82, 2.24) is 20.1 Å². The van der Waals surface area contributed by atoms with Gasteiger partial charge in [0.25, 0.3) is 0 Å². The number of ether oxygens (including phenoxy) is 2. The predicted octanol–water partition coefficient (Wildman–Crippen LogP) is 1.39. The molecule has 0 aromatic carbocycles. The van der Waals surface area contributed by atoms with Crippen molar-refractivity contribution in [2.45, 2.75) is 19.3 Å². The Hall–Kier alpha value is -1.61. The van der Waals surface area contributed by atoms with Crippen molar-refractivity contribution in [3.63, 3.8) is 0 Å². The Labute approximate surface area is 139 Å². The van der Waals surface area contributed by atoms with Crippen LogP contribution in [0.2, 0.25) is 0 Å². The van der Waals surface area contributed by atoms with E-state index in [1.807, 2.05) is 12.1 Å². The lowest BCUT2D eigenvalue weighted by Crippen LogP contribution is -2.44. The molecule has 1 saturated heterocycles. The van der Waals surface area contributed by atoms with Crippen molar-refractivity contribution in [3.8, 4) is 0 Å². The molecular formula is C15H21N5O2S. The van der Waals surface area contributed by atoms with Gasteiger partial charge in [0.05, 0.1) is 25.0 Å². The predicted molar refractivity (Wildman–Crippen MR) is 88.4 cm³/mol. The second kappa shape index (κ2) is 8.30. The molecular weight excluding hydrogens is 314 g/mol. The molecule has 0 bridgehead atoms. The molecule has 3 rings (SSSR count). The van der Waals surface area contributed by atoms with Crippen LogP contribution in [0, 0.1) is 0 Å². The van der Waals surface area contributed by atoms with Crippen LogP contribution in [0.5, 0.6) is 0 Å². The number of methoxy groups -OCH3 is 1. The van der Waals surface area contributed by atoms with E-state index >= 15 is 0 Å². The molecule has 1 atom stereocenters. The van der Waals surface area contributed by atoms with Crippen molar-refractivity contribution in [2.24, 2.45) is 0 Å². The summed E-state index contributed by atoms with van der Waals surface area (Å²) in [6, 6.07) is 3.77. The first-order valence-electron chi connectivity index (χ1n) is 7.61. The number of rotatable bonds is 7. The first-order valence-corrected chi connectivity index (χ1v) is 8.49. The third kappa shape index (κ3) is 4.93. The fourth-order valence-corrected chi connectivity index (χ4v) is 3.26. The summed E-state index contributed by atoms with van der Waals surface area (Å²) in [5, 5.41) is 14.3. The Morgan fingerprint density at radius 3 is 3.30 bits per heavy atom. The van der Waals surface area contributed by atoms with E-state index in [0.29, 0.717) is 6.61 Å². The van der Waals surface area contributed by atoms with E-state index in [9.17, 15) is 0 Å². The first kappa shape index (κ1) is 16.3. The third-order valence-corrected chi connectivity index (χ3v) is 4.43. The molecule has 1 N–H and O–H groups in total. The summed E-state index contributed by atoms with van der Waals surface area (Å²) in [5.74, 6) is 0.775. The molecule has 1 aliphatic rings. The van der Waals surface area contributed by atoms with Crippen LogP contribution < -0.4 is 5.32 Å². The van der Waals surface area contributed by atoms with Crippen LogP contribution in [0.1, 0.15) is 10.7 Å². The summed E-state index contributed by atoms with van der Waals surface area (Å²) < 4.78 is 10.9. The van der Waals surface area contributed by atoms with E-state index in [-0.39, 0.29) is 6.10 Å². The van der Waals surface area contributed by atoms with Crippen LogP contribution in [0.4, 0.5) is 5.82 Å². The topological polar surface area (TPSA) is 72.4 Å². The van der Waals surface area contributed by atoms with Crippen molar-refractivity contribution in [2.75, 3.05) is 38.7 Å². The standard InChI is InChI=1S/C15H21N5O2S/c1-21-10-15-18-12(11-23-15)8-20-5-6-22-13(9-20)7-16-14-3-2-4-17-19-14/h2-4,11,13H,5-10H2,1H3,(H,16,19). The number of morpholine rings is 1. The van der Waals surface area contributed by atoms with Crippen molar-refractivity contribution in [3.05, 3.63) is 34.4 Å². The number of anilines is 1. The molecule has 0 saturated carbocycles.